The number of nitrogens with zero attached hydrogens (tertiary/aromatic N) is 1. The van der Waals surface area contributed by atoms with Crippen LogP contribution in [0.3, 0.4) is 0 Å². The van der Waals surface area contributed by atoms with Gasteiger partial charge in [-0.05, 0) is 38.7 Å². The zero-order chi connectivity index (χ0) is 12.4. The molecule has 1 aliphatic heterocycles. The molecule has 0 radical (unpaired) electrons. The number of hydrogen-bond donors (Lipinski definition) is 0. The molecule has 1 unspecified atom stereocenters. The number of rotatable bonds is 2. The smallest absolute Gasteiger partial charge is 0.171 e. The highest BCUT2D eigenvalue weighted by Gasteiger charge is 2.26. The molecule has 0 bridgehead atoms. The molecule has 5 heteroatoms. The third kappa shape index (κ3) is 3.37. The first-order valence-electron chi connectivity index (χ1n) is 5.69. The van der Waals surface area contributed by atoms with Crippen LogP contribution in [0.2, 0.25) is 5.02 Å². The van der Waals surface area contributed by atoms with Crippen molar-refractivity contribution in [2.24, 2.45) is 5.92 Å². The van der Waals surface area contributed by atoms with Crippen LogP contribution in [-0.2, 0) is 0 Å². The number of ketones is 1. The van der Waals surface area contributed by atoms with Crippen LogP contribution in [0.4, 0.5) is 0 Å². The Hall–Kier alpha value is -0.770. The molecule has 2 rings (SSSR count). The van der Waals surface area contributed by atoms with E-state index >= 15 is 0 Å². The second-order valence-corrected chi connectivity index (χ2v) is 5.04. The standard InChI is InChI=1S/C13H16ClNO2.ClH/c1-15(2)8-9-5-6-17-12-7-10(14)3-4-11(12)13(9)16;/h3-4,7,9H,5-6,8H2,1-2H3;1H. The van der Waals surface area contributed by atoms with Gasteiger partial charge >= 0.3 is 0 Å². The number of carbonyl (C=O) groups is 1. The Morgan fingerprint density at radius 1 is 1.44 bits per heavy atom. The zero-order valence-electron chi connectivity index (χ0n) is 10.5. The lowest BCUT2D eigenvalue weighted by Gasteiger charge is -2.17. The average Bonchev–Trinajstić information content (AvgIpc) is 2.39. The number of benzene rings is 1. The second kappa shape index (κ2) is 6.41. The van der Waals surface area contributed by atoms with Crippen LogP contribution in [0.15, 0.2) is 18.2 Å². The number of fused-ring (bicyclic) bond motifs is 1. The van der Waals surface area contributed by atoms with Gasteiger partial charge in [0, 0.05) is 17.5 Å². The van der Waals surface area contributed by atoms with Crippen molar-refractivity contribution in [2.75, 3.05) is 27.2 Å². The van der Waals surface area contributed by atoms with E-state index in [1.165, 1.54) is 0 Å². The van der Waals surface area contributed by atoms with Gasteiger partial charge in [0.25, 0.3) is 0 Å². The van der Waals surface area contributed by atoms with Crippen molar-refractivity contribution >= 4 is 29.8 Å². The molecule has 0 fully saturated rings. The summed E-state index contributed by atoms with van der Waals surface area (Å²) in [7, 11) is 3.95. The van der Waals surface area contributed by atoms with Gasteiger partial charge in [0.15, 0.2) is 5.78 Å². The number of Topliss-reactive ketones (excluding diaryl/α,β-unsaturated/α-hetero) is 1. The van der Waals surface area contributed by atoms with Gasteiger partial charge in [-0.25, -0.2) is 0 Å². The van der Waals surface area contributed by atoms with Gasteiger partial charge in [-0.15, -0.1) is 12.4 Å². The quantitative estimate of drug-likeness (QED) is 0.838. The first-order chi connectivity index (χ1) is 8.08. The molecule has 0 aromatic heterocycles. The highest BCUT2D eigenvalue weighted by Crippen LogP contribution is 2.29. The van der Waals surface area contributed by atoms with Gasteiger partial charge in [-0.3, -0.25) is 4.79 Å². The minimum absolute atomic E-state index is 0. The van der Waals surface area contributed by atoms with Crippen molar-refractivity contribution in [3.05, 3.63) is 28.8 Å². The average molecular weight is 290 g/mol. The van der Waals surface area contributed by atoms with Crippen LogP contribution in [0.5, 0.6) is 5.75 Å². The van der Waals surface area contributed by atoms with Crippen molar-refractivity contribution in [3.8, 4) is 5.75 Å². The van der Waals surface area contributed by atoms with E-state index in [0.717, 1.165) is 13.0 Å². The fourth-order valence-corrected chi connectivity index (χ4v) is 2.26. The fraction of sp³-hybridized carbons (Fsp3) is 0.462. The van der Waals surface area contributed by atoms with Gasteiger partial charge in [0.2, 0.25) is 0 Å². The lowest BCUT2D eigenvalue weighted by atomic mass is 9.95. The normalized spacial score (nSPS) is 18.7. The summed E-state index contributed by atoms with van der Waals surface area (Å²) in [6.07, 6.45) is 0.753. The van der Waals surface area contributed by atoms with Crippen LogP contribution in [0.1, 0.15) is 16.8 Å². The molecule has 0 spiro atoms. The van der Waals surface area contributed by atoms with Crippen molar-refractivity contribution in [2.45, 2.75) is 6.42 Å². The highest BCUT2D eigenvalue weighted by atomic mass is 35.5. The second-order valence-electron chi connectivity index (χ2n) is 4.60. The summed E-state index contributed by atoms with van der Waals surface area (Å²) in [5.41, 5.74) is 0.652. The van der Waals surface area contributed by atoms with Crippen LogP contribution in [0.25, 0.3) is 0 Å². The molecule has 1 aliphatic rings. The maximum atomic E-state index is 12.3. The number of halogens is 2. The topological polar surface area (TPSA) is 29.5 Å². The molecule has 1 aromatic rings. The monoisotopic (exact) mass is 289 g/mol. The maximum absolute atomic E-state index is 12.3. The molecule has 0 aliphatic carbocycles. The van der Waals surface area contributed by atoms with Crippen LogP contribution < -0.4 is 4.74 Å². The van der Waals surface area contributed by atoms with Crippen LogP contribution in [-0.4, -0.2) is 37.9 Å². The summed E-state index contributed by atoms with van der Waals surface area (Å²) in [5.74, 6) is 0.777. The third-order valence-corrected chi connectivity index (χ3v) is 3.12. The molecule has 3 nitrogen and oxygen atoms in total. The van der Waals surface area contributed by atoms with E-state index in [2.05, 4.69) is 0 Å². The molecule has 18 heavy (non-hydrogen) atoms. The Labute approximate surface area is 118 Å². The molecular formula is C13H17Cl2NO2. The summed E-state index contributed by atoms with van der Waals surface area (Å²) in [5, 5.41) is 0.600. The molecule has 0 saturated heterocycles. The zero-order valence-corrected chi connectivity index (χ0v) is 12.1. The highest BCUT2D eigenvalue weighted by molar-refractivity contribution is 6.30. The maximum Gasteiger partial charge on any atom is 0.171 e. The summed E-state index contributed by atoms with van der Waals surface area (Å²) in [4.78, 5) is 14.4. The molecule has 1 aromatic carbocycles. The summed E-state index contributed by atoms with van der Waals surface area (Å²) >= 11 is 5.90. The molecule has 1 atom stereocenters. The third-order valence-electron chi connectivity index (χ3n) is 2.89. The summed E-state index contributed by atoms with van der Waals surface area (Å²) in [6.45, 7) is 1.32. The molecular weight excluding hydrogens is 273 g/mol. The minimum Gasteiger partial charge on any atom is -0.493 e. The lowest BCUT2D eigenvalue weighted by Crippen LogP contribution is -2.27. The van der Waals surface area contributed by atoms with Gasteiger partial charge in [0.05, 0.1) is 12.2 Å². The predicted molar refractivity (Wildman–Crippen MR) is 75.2 cm³/mol. The van der Waals surface area contributed by atoms with Gasteiger partial charge in [-0.2, -0.15) is 0 Å². The van der Waals surface area contributed by atoms with Gasteiger partial charge in [-0.1, -0.05) is 11.6 Å². The summed E-state index contributed by atoms with van der Waals surface area (Å²) in [6, 6.07) is 5.21. The Kier molecular flexibility index (Phi) is 5.45. The van der Waals surface area contributed by atoms with E-state index in [4.69, 9.17) is 16.3 Å². The Balaban J connectivity index is 0.00000162. The van der Waals surface area contributed by atoms with Crippen LogP contribution >= 0.6 is 24.0 Å². The van der Waals surface area contributed by atoms with E-state index in [0.29, 0.717) is 22.9 Å². The largest absolute Gasteiger partial charge is 0.493 e. The number of ether oxygens (including phenoxy) is 1. The van der Waals surface area contributed by atoms with Crippen molar-refractivity contribution in [3.63, 3.8) is 0 Å². The molecule has 0 N–H and O–H groups in total. The van der Waals surface area contributed by atoms with E-state index in [-0.39, 0.29) is 24.1 Å². The molecule has 1 heterocycles. The minimum atomic E-state index is 0. The Morgan fingerprint density at radius 2 is 2.17 bits per heavy atom. The number of carbonyl (C=O) groups excluding carboxylic acids is 1. The van der Waals surface area contributed by atoms with Crippen LogP contribution in [0, 0.1) is 5.92 Å². The van der Waals surface area contributed by atoms with Crippen molar-refractivity contribution in [1.82, 2.24) is 4.90 Å². The van der Waals surface area contributed by atoms with Crippen molar-refractivity contribution < 1.29 is 9.53 Å². The predicted octanol–water partition coefficient (Wildman–Crippen LogP) is 2.90. The lowest BCUT2D eigenvalue weighted by molar-refractivity contribution is 0.0891. The van der Waals surface area contributed by atoms with E-state index < -0.39 is 0 Å². The first kappa shape index (κ1) is 15.3. The molecule has 100 valence electrons. The van der Waals surface area contributed by atoms with E-state index in [1.807, 2.05) is 19.0 Å². The first-order valence-corrected chi connectivity index (χ1v) is 6.07. The van der Waals surface area contributed by atoms with E-state index in [9.17, 15) is 4.79 Å². The Bertz CT molecular complexity index is 435. The molecule has 0 amide bonds. The van der Waals surface area contributed by atoms with Crippen molar-refractivity contribution in [1.29, 1.82) is 0 Å². The number of hydrogen-bond acceptors (Lipinski definition) is 3. The summed E-state index contributed by atoms with van der Waals surface area (Å²) < 4.78 is 5.59. The van der Waals surface area contributed by atoms with Gasteiger partial charge < -0.3 is 9.64 Å². The van der Waals surface area contributed by atoms with Gasteiger partial charge in [0.1, 0.15) is 5.75 Å². The SMILES string of the molecule is CN(C)CC1CCOc2cc(Cl)ccc2C1=O.Cl. The Morgan fingerprint density at radius 3 is 2.83 bits per heavy atom. The van der Waals surface area contributed by atoms with E-state index in [1.54, 1.807) is 18.2 Å². The fourth-order valence-electron chi connectivity index (χ4n) is 2.10. The molecule has 0 saturated carbocycles.